The van der Waals surface area contributed by atoms with Crippen molar-refractivity contribution in [2.24, 2.45) is 0 Å². The van der Waals surface area contributed by atoms with E-state index in [0.29, 0.717) is 36.9 Å². The molecule has 2 heterocycles. The number of benzene rings is 2. The van der Waals surface area contributed by atoms with Gasteiger partial charge in [0.2, 0.25) is 0 Å². The minimum Gasteiger partial charge on any atom is -0.486 e. The van der Waals surface area contributed by atoms with E-state index >= 15 is 0 Å². The highest BCUT2D eigenvalue weighted by atomic mass is 35.5. The number of aromatic nitrogens is 2. The Balaban J connectivity index is 1.54. The molecule has 2 aromatic carbocycles. The third-order valence-electron chi connectivity index (χ3n) is 4.60. The standard InChI is InChI=1S/C21H20ClN3O3/c1-2-24(13-15-4-3-5-19-20(15)28-11-10-27-19)21(26)16-12-23-25(14-16)18-8-6-17(22)7-9-18/h3-9,12,14H,2,10-11,13H2,1H3. The lowest BCUT2D eigenvalue weighted by Gasteiger charge is -2.25. The van der Waals surface area contributed by atoms with Gasteiger partial charge in [-0.2, -0.15) is 5.10 Å². The van der Waals surface area contributed by atoms with Gasteiger partial charge in [0.15, 0.2) is 11.5 Å². The Hall–Kier alpha value is -2.99. The van der Waals surface area contributed by atoms with Crippen LogP contribution in [0.4, 0.5) is 0 Å². The molecule has 0 atom stereocenters. The van der Waals surface area contributed by atoms with Crippen molar-refractivity contribution in [1.82, 2.24) is 14.7 Å². The van der Waals surface area contributed by atoms with Crippen molar-refractivity contribution in [3.8, 4) is 17.2 Å². The molecule has 6 nitrogen and oxygen atoms in total. The monoisotopic (exact) mass is 397 g/mol. The van der Waals surface area contributed by atoms with Gasteiger partial charge in [-0.3, -0.25) is 4.79 Å². The molecule has 0 bridgehead atoms. The van der Waals surface area contributed by atoms with Crippen LogP contribution in [0.2, 0.25) is 5.02 Å². The number of ether oxygens (including phenoxy) is 2. The molecule has 1 aromatic heterocycles. The summed E-state index contributed by atoms with van der Waals surface area (Å²) in [7, 11) is 0. The zero-order valence-electron chi connectivity index (χ0n) is 15.5. The number of para-hydroxylation sites is 1. The molecular formula is C21H20ClN3O3. The van der Waals surface area contributed by atoms with Gasteiger partial charge in [-0.05, 0) is 37.3 Å². The highest BCUT2D eigenvalue weighted by Crippen LogP contribution is 2.34. The number of rotatable bonds is 5. The van der Waals surface area contributed by atoms with E-state index in [1.807, 2.05) is 37.3 Å². The predicted octanol–water partition coefficient (Wildman–Crippen LogP) is 3.96. The first kappa shape index (κ1) is 18.4. The molecule has 0 saturated carbocycles. The summed E-state index contributed by atoms with van der Waals surface area (Å²) < 4.78 is 13.1. The molecule has 1 amide bonds. The van der Waals surface area contributed by atoms with Gasteiger partial charge < -0.3 is 14.4 Å². The molecule has 144 valence electrons. The number of halogens is 1. The quantitative estimate of drug-likeness (QED) is 0.654. The highest BCUT2D eigenvalue weighted by Gasteiger charge is 2.21. The van der Waals surface area contributed by atoms with Gasteiger partial charge in [-0.15, -0.1) is 0 Å². The maximum atomic E-state index is 13.0. The lowest BCUT2D eigenvalue weighted by atomic mass is 10.1. The molecule has 0 radical (unpaired) electrons. The largest absolute Gasteiger partial charge is 0.486 e. The van der Waals surface area contributed by atoms with Gasteiger partial charge in [0, 0.05) is 29.9 Å². The Morgan fingerprint density at radius 1 is 1.18 bits per heavy atom. The number of fused-ring (bicyclic) bond motifs is 1. The second kappa shape index (κ2) is 7.94. The fourth-order valence-electron chi connectivity index (χ4n) is 3.14. The lowest BCUT2D eigenvalue weighted by molar-refractivity contribution is 0.0749. The number of carbonyl (C=O) groups is 1. The summed E-state index contributed by atoms with van der Waals surface area (Å²) in [6.45, 7) is 4.01. The first-order chi connectivity index (χ1) is 13.7. The van der Waals surface area contributed by atoms with Crippen molar-refractivity contribution < 1.29 is 14.3 Å². The van der Waals surface area contributed by atoms with E-state index in [4.69, 9.17) is 21.1 Å². The smallest absolute Gasteiger partial charge is 0.257 e. The summed E-state index contributed by atoms with van der Waals surface area (Å²) in [4.78, 5) is 14.8. The first-order valence-electron chi connectivity index (χ1n) is 9.13. The molecule has 1 aliphatic heterocycles. The molecular weight excluding hydrogens is 378 g/mol. The maximum Gasteiger partial charge on any atom is 0.257 e. The average Bonchev–Trinajstić information content (AvgIpc) is 3.22. The summed E-state index contributed by atoms with van der Waals surface area (Å²) in [5.41, 5.74) is 2.30. The minimum absolute atomic E-state index is 0.0861. The van der Waals surface area contributed by atoms with Crippen molar-refractivity contribution in [2.45, 2.75) is 13.5 Å². The normalized spacial score (nSPS) is 12.6. The molecule has 4 rings (SSSR count). The number of hydrogen-bond donors (Lipinski definition) is 0. The molecule has 0 N–H and O–H groups in total. The fraction of sp³-hybridized carbons (Fsp3) is 0.238. The van der Waals surface area contributed by atoms with E-state index in [2.05, 4.69) is 5.10 Å². The Bertz CT molecular complexity index is 985. The van der Waals surface area contributed by atoms with Gasteiger partial charge in [0.05, 0.1) is 17.4 Å². The summed E-state index contributed by atoms with van der Waals surface area (Å²) >= 11 is 5.93. The van der Waals surface area contributed by atoms with Gasteiger partial charge >= 0.3 is 0 Å². The summed E-state index contributed by atoms with van der Waals surface area (Å²) in [5, 5.41) is 4.97. The Kier molecular flexibility index (Phi) is 5.21. The fourth-order valence-corrected chi connectivity index (χ4v) is 3.27. The van der Waals surface area contributed by atoms with Crippen molar-refractivity contribution >= 4 is 17.5 Å². The average molecular weight is 398 g/mol. The van der Waals surface area contributed by atoms with Gasteiger partial charge in [-0.25, -0.2) is 4.68 Å². The van der Waals surface area contributed by atoms with Crippen molar-refractivity contribution in [1.29, 1.82) is 0 Å². The molecule has 3 aromatic rings. The predicted molar refractivity (Wildman–Crippen MR) is 106 cm³/mol. The molecule has 0 spiro atoms. The first-order valence-corrected chi connectivity index (χ1v) is 9.51. The minimum atomic E-state index is -0.0861. The number of nitrogens with zero attached hydrogens (tertiary/aromatic N) is 3. The highest BCUT2D eigenvalue weighted by molar-refractivity contribution is 6.30. The van der Waals surface area contributed by atoms with Crippen LogP contribution in [0.5, 0.6) is 11.5 Å². The Labute approximate surface area is 168 Å². The molecule has 7 heteroatoms. The van der Waals surface area contributed by atoms with Crippen LogP contribution in [-0.4, -0.2) is 40.3 Å². The maximum absolute atomic E-state index is 13.0. The van der Waals surface area contributed by atoms with E-state index in [-0.39, 0.29) is 5.91 Å². The van der Waals surface area contributed by atoms with E-state index in [0.717, 1.165) is 22.7 Å². The van der Waals surface area contributed by atoms with Gasteiger partial charge in [-0.1, -0.05) is 23.7 Å². The molecule has 28 heavy (non-hydrogen) atoms. The second-order valence-corrected chi connectivity index (χ2v) is 6.85. The Morgan fingerprint density at radius 3 is 2.75 bits per heavy atom. The van der Waals surface area contributed by atoms with Crippen molar-refractivity contribution in [3.63, 3.8) is 0 Å². The summed E-state index contributed by atoms with van der Waals surface area (Å²) in [5.74, 6) is 1.36. The van der Waals surface area contributed by atoms with Crippen LogP contribution in [0.25, 0.3) is 5.69 Å². The zero-order valence-corrected chi connectivity index (χ0v) is 16.2. The molecule has 1 aliphatic rings. The van der Waals surface area contributed by atoms with Crippen LogP contribution in [0, 0.1) is 0 Å². The lowest BCUT2D eigenvalue weighted by Crippen LogP contribution is -2.30. The van der Waals surface area contributed by atoms with E-state index in [1.165, 1.54) is 0 Å². The topological polar surface area (TPSA) is 56.6 Å². The summed E-state index contributed by atoms with van der Waals surface area (Å²) in [6.07, 6.45) is 3.31. The zero-order chi connectivity index (χ0) is 19.5. The van der Waals surface area contributed by atoms with Gasteiger partial charge in [0.1, 0.15) is 13.2 Å². The van der Waals surface area contributed by atoms with Crippen LogP contribution in [0.15, 0.2) is 54.9 Å². The van der Waals surface area contributed by atoms with Crippen LogP contribution < -0.4 is 9.47 Å². The number of hydrogen-bond acceptors (Lipinski definition) is 4. The third-order valence-corrected chi connectivity index (χ3v) is 4.85. The summed E-state index contributed by atoms with van der Waals surface area (Å²) in [6, 6.07) is 13.0. The molecule has 0 aliphatic carbocycles. The van der Waals surface area contributed by atoms with Crippen LogP contribution in [0.1, 0.15) is 22.8 Å². The van der Waals surface area contributed by atoms with Gasteiger partial charge in [0.25, 0.3) is 5.91 Å². The Morgan fingerprint density at radius 2 is 1.96 bits per heavy atom. The molecule has 0 fully saturated rings. The second-order valence-electron chi connectivity index (χ2n) is 6.41. The molecule has 0 unspecified atom stereocenters. The van der Waals surface area contributed by atoms with Crippen LogP contribution >= 0.6 is 11.6 Å². The van der Waals surface area contributed by atoms with E-state index in [9.17, 15) is 4.79 Å². The number of amides is 1. The SMILES string of the molecule is CCN(Cc1cccc2c1OCCO2)C(=O)c1cnn(-c2ccc(Cl)cc2)c1. The number of carbonyl (C=O) groups excluding carboxylic acids is 1. The van der Waals surface area contributed by atoms with E-state index in [1.54, 1.807) is 34.1 Å². The van der Waals surface area contributed by atoms with Crippen LogP contribution in [-0.2, 0) is 6.54 Å². The van der Waals surface area contributed by atoms with Crippen LogP contribution in [0.3, 0.4) is 0 Å². The van der Waals surface area contributed by atoms with Crippen molar-refractivity contribution in [2.75, 3.05) is 19.8 Å². The third kappa shape index (κ3) is 3.68. The van der Waals surface area contributed by atoms with E-state index < -0.39 is 0 Å². The molecule has 0 saturated heterocycles. The van der Waals surface area contributed by atoms with Crippen molar-refractivity contribution in [3.05, 3.63) is 71.0 Å².